The Hall–Kier alpha value is -3.55. The molecule has 2 aliphatic heterocycles. The molecule has 1 fully saturated rings. The summed E-state index contributed by atoms with van der Waals surface area (Å²) in [5, 5.41) is 4.58. The second kappa shape index (κ2) is 8.29. The van der Waals surface area contributed by atoms with Crippen molar-refractivity contribution >= 4 is 11.7 Å². The number of nitrogens with zero attached hydrogens (tertiary/aromatic N) is 5. The number of carbonyl (C=O) groups excluding carboxylic acids is 1. The summed E-state index contributed by atoms with van der Waals surface area (Å²) in [4.78, 5) is 21.9. The van der Waals surface area contributed by atoms with Crippen LogP contribution in [0.4, 0.5) is 5.82 Å². The van der Waals surface area contributed by atoms with E-state index < -0.39 is 0 Å². The van der Waals surface area contributed by atoms with Crippen LogP contribution in [0.25, 0.3) is 11.3 Å². The summed E-state index contributed by atoms with van der Waals surface area (Å²) in [5.74, 6) is 2.37. The highest BCUT2D eigenvalue weighted by molar-refractivity contribution is 6.00. The second-order valence-corrected chi connectivity index (χ2v) is 7.74. The number of fused-ring (bicyclic) bond motifs is 1. The first-order valence-corrected chi connectivity index (χ1v) is 10.6. The van der Waals surface area contributed by atoms with Gasteiger partial charge in [-0.1, -0.05) is 6.07 Å². The van der Waals surface area contributed by atoms with Gasteiger partial charge >= 0.3 is 0 Å². The lowest BCUT2D eigenvalue weighted by Crippen LogP contribution is -2.49. The SMILES string of the molecule is Cn1cc(C(=O)N2CCN(c3ccccn3)CC2)c(-c2ccc3c(c2)OCCCO3)n1. The largest absolute Gasteiger partial charge is 0.490 e. The van der Waals surface area contributed by atoms with Crippen LogP contribution in [0.3, 0.4) is 0 Å². The van der Waals surface area contributed by atoms with Gasteiger partial charge < -0.3 is 19.3 Å². The molecule has 0 unspecified atom stereocenters. The fourth-order valence-electron chi connectivity index (χ4n) is 4.02. The molecule has 31 heavy (non-hydrogen) atoms. The number of hydrogen-bond acceptors (Lipinski definition) is 6. The van der Waals surface area contributed by atoms with Crippen LogP contribution in [0.15, 0.2) is 48.8 Å². The summed E-state index contributed by atoms with van der Waals surface area (Å²) < 4.78 is 13.2. The van der Waals surface area contributed by atoms with Crippen LogP contribution in [-0.4, -0.2) is 65.0 Å². The first-order chi connectivity index (χ1) is 15.2. The van der Waals surface area contributed by atoms with Gasteiger partial charge in [-0.3, -0.25) is 9.48 Å². The highest BCUT2D eigenvalue weighted by atomic mass is 16.5. The molecule has 0 atom stereocenters. The fourth-order valence-corrected chi connectivity index (χ4v) is 4.02. The average Bonchev–Trinajstić information content (AvgIpc) is 3.05. The number of carbonyl (C=O) groups is 1. The second-order valence-electron chi connectivity index (χ2n) is 7.74. The molecule has 1 amide bonds. The van der Waals surface area contributed by atoms with E-state index >= 15 is 0 Å². The first kappa shape index (κ1) is 19.4. The van der Waals surface area contributed by atoms with Crippen LogP contribution < -0.4 is 14.4 Å². The smallest absolute Gasteiger partial charge is 0.257 e. The lowest BCUT2D eigenvalue weighted by atomic mass is 10.1. The van der Waals surface area contributed by atoms with Crippen molar-refractivity contribution in [3.8, 4) is 22.8 Å². The van der Waals surface area contributed by atoms with E-state index in [-0.39, 0.29) is 5.91 Å². The zero-order chi connectivity index (χ0) is 21.2. The molecule has 8 nitrogen and oxygen atoms in total. The van der Waals surface area contributed by atoms with Crippen molar-refractivity contribution in [1.29, 1.82) is 0 Å². The topological polar surface area (TPSA) is 72.7 Å². The maximum Gasteiger partial charge on any atom is 0.257 e. The third-order valence-electron chi connectivity index (χ3n) is 5.62. The van der Waals surface area contributed by atoms with E-state index in [4.69, 9.17) is 9.47 Å². The zero-order valence-electron chi connectivity index (χ0n) is 17.5. The fraction of sp³-hybridized carbons (Fsp3) is 0.348. The minimum atomic E-state index is -0.00381. The normalized spacial score (nSPS) is 16.2. The van der Waals surface area contributed by atoms with E-state index in [2.05, 4.69) is 15.0 Å². The van der Waals surface area contributed by atoms with Crippen LogP contribution >= 0.6 is 0 Å². The van der Waals surface area contributed by atoms with E-state index in [0.29, 0.717) is 43.3 Å². The van der Waals surface area contributed by atoms with Gasteiger partial charge in [0.15, 0.2) is 11.5 Å². The number of piperazine rings is 1. The minimum absolute atomic E-state index is 0.00381. The molecule has 2 aliphatic rings. The van der Waals surface area contributed by atoms with Gasteiger partial charge in [0.2, 0.25) is 0 Å². The summed E-state index contributed by atoms with van der Waals surface area (Å²) in [7, 11) is 1.84. The molecule has 0 N–H and O–H groups in total. The van der Waals surface area contributed by atoms with Gasteiger partial charge in [-0.15, -0.1) is 0 Å². The Morgan fingerprint density at radius 2 is 1.81 bits per heavy atom. The molecule has 1 saturated heterocycles. The van der Waals surface area contributed by atoms with Crippen LogP contribution in [-0.2, 0) is 7.05 Å². The van der Waals surface area contributed by atoms with Crippen LogP contribution in [0.2, 0.25) is 0 Å². The molecule has 0 bridgehead atoms. The number of anilines is 1. The highest BCUT2D eigenvalue weighted by Gasteiger charge is 2.27. The maximum absolute atomic E-state index is 13.4. The van der Waals surface area contributed by atoms with Crippen molar-refractivity contribution in [3.63, 3.8) is 0 Å². The van der Waals surface area contributed by atoms with Crippen LogP contribution in [0.1, 0.15) is 16.8 Å². The molecule has 5 rings (SSSR count). The first-order valence-electron chi connectivity index (χ1n) is 10.6. The molecular formula is C23H25N5O3. The summed E-state index contributed by atoms with van der Waals surface area (Å²) in [6, 6.07) is 11.6. The Morgan fingerprint density at radius 1 is 1.00 bits per heavy atom. The average molecular weight is 419 g/mol. The Morgan fingerprint density at radius 3 is 2.58 bits per heavy atom. The number of hydrogen-bond donors (Lipinski definition) is 0. The van der Waals surface area contributed by atoms with E-state index in [1.54, 1.807) is 17.1 Å². The molecule has 2 aromatic heterocycles. The predicted octanol–water partition coefficient (Wildman–Crippen LogP) is 2.61. The van der Waals surface area contributed by atoms with Crippen molar-refractivity contribution < 1.29 is 14.3 Å². The third kappa shape index (κ3) is 3.93. The molecule has 3 aromatic rings. The molecule has 0 radical (unpaired) electrons. The maximum atomic E-state index is 13.4. The number of amides is 1. The monoisotopic (exact) mass is 419 g/mol. The van der Waals surface area contributed by atoms with Crippen molar-refractivity contribution in [1.82, 2.24) is 19.7 Å². The lowest BCUT2D eigenvalue weighted by molar-refractivity contribution is 0.0747. The number of aryl methyl sites for hydroxylation is 1. The summed E-state index contributed by atoms with van der Waals surface area (Å²) in [6.07, 6.45) is 4.44. The number of rotatable bonds is 3. The summed E-state index contributed by atoms with van der Waals surface area (Å²) in [6.45, 7) is 4.05. The van der Waals surface area contributed by atoms with Gasteiger partial charge in [-0.05, 0) is 30.3 Å². The van der Waals surface area contributed by atoms with E-state index in [1.807, 2.05) is 48.3 Å². The number of benzene rings is 1. The van der Waals surface area contributed by atoms with Gasteiger partial charge in [0.05, 0.1) is 18.8 Å². The quantitative estimate of drug-likeness (QED) is 0.650. The zero-order valence-corrected chi connectivity index (χ0v) is 17.5. The number of aromatic nitrogens is 3. The molecule has 4 heterocycles. The molecule has 0 spiro atoms. The van der Waals surface area contributed by atoms with E-state index in [0.717, 1.165) is 36.6 Å². The van der Waals surface area contributed by atoms with Crippen molar-refractivity contribution in [2.75, 3.05) is 44.3 Å². The lowest BCUT2D eigenvalue weighted by Gasteiger charge is -2.35. The molecule has 0 saturated carbocycles. The molecular weight excluding hydrogens is 394 g/mol. The molecule has 160 valence electrons. The van der Waals surface area contributed by atoms with E-state index in [1.165, 1.54) is 0 Å². The molecule has 8 heteroatoms. The van der Waals surface area contributed by atoms with Crippen molar-refractivity contribution in [3.05, 3.63) is 54.4 Å². The van der Waals surface area contributed by atoms with Gasteiger partial charge in [-0.2, -0.15) is 5.10 Å². The van der Waals surface area contributed by atoms with Gasteiger partial charge in [-0.25, -0.2) is 4.98 Å². The number of pyridine rings is 1. The highest BCUT2D eigenvalue weighted by Crippen LogP contribution is 2.35. The van der Waals surface area contributed by atoms with Gasteiger partial charge in [0.25, 0.3) is 5.91 Å². The Balaban J connectivity index is 1.36. The summed E-state index contributed by atoms with van der Waals surface area (Å²) >= 11 is 0. The van der Waals surface area contributed by atoms with Crippen LogP contribution in [0, 0.1) is 0 Å². The van der Waals surface area contributed by atoms with Gasteiger partial charge in [0, 0.05) is 57.6 Å². The standard InChI is InChI=1S/C23H25N5O3/c1-26-16-18(22(25-26)17-6-7-19-20(15-17)31-14-4-13-30-19)23(29)28-11-9-27(10-12-28)21-5-2-3-8-24-21/h2-3,5-8,15-16H,4,9-14H2,1H3. The Kier molecular flexibility index (Phi) is 5.19. The van der Waals surface area contributed by atoms with Crippen molar-refractivity contribution in [2.24, 2.45) is 7.05 Å². The van der Waals surface area contributed by atoms with Crippen molar-refractivity contribution in [2.45, 2.75) is 6.42 Å². The predicted molar refractivity (Wildman–Crippen MR) is 117 cm³/mol. The minimum Gasteiger partial charge on any atom is -0.490 e. The Labute approximate surface area is 181 Å². The number of ether oxygens (including phenoxy) is 2. The molecule has 0 aliphatic carbocycles. The third-order valence-corrected chi connectivity index (χ3v) is 5.62. The Bertz CT molecular complexity index is 1070. The van der Waals surface area contributed by atoms with Crippen LogP contribution in [0.5, 0.6) is 11.5 Å². The van der Waals surface area contributed by atoms with Gasteiger partial charge in [0.1, 0.15) is 11.5 Å². The summed E-state index contributed by atoms with van der Waals surface area (Å²) in [5.41, 5.74) is 2.11. The van der Waals surface area contributed by atoms with E-state index in [9.17, 15) is 4.79 Å². The molecule has 1 aromatic carbocycles.